The summed E-state index contributed by atoms with van der Waals surface area (Å²) in [6, 6.07) is 9.06. The molecule has 1 atom stereocenters. The SMILES string of the molecule is CCCCN[C@H](C)c1ccccc1C. The van der Waals surface area contributed by atoms with E-state index in [0.717, 1.165) is 6.54 Å². The van der Waals surface area contributed by atoms with Gasteiger partial charge in [0.15, 0.2) is 0 Å². The van der Waals surface area contributed by atoms with Crippen molar-refractivity contribution in [3.63, 3.8) is 0 Å². The monoisotopic (exact) mass is 191 g/mol. The molecule has 0 aliphatic carbocycles. The molecule has 0 radical (unpaired) electrons. The highest BCUT2D eigenvalue weighted by Gasteiger charge is 2.05. The average Bonchev–Trinajstić information content (AvgIpc) is 2.18. The van der Waals surface area contributed by atoms with Gasteiger partial charge < -0.3 is 5.32 Å². The standard InChI is InChI=1S/C13H21N/c1-4-5-10-14-12(3)13-9-7-6-8-11(13)2/h6-9,12,14H,4-5,10H2,1-3H3/t12-/m1/s1. The van der Waals surface area contributed by atoms with Crippen LogP contribution in [0.2, 0.25) is 0 Å². The Morgan fingerprint density at radius 1 is 1.29 bits per heavy atom. The highest BCUT2D eigenvalue weighted by atomic mass is 14.9. The van der Waals surface area contributed by atoms with Gasteiger partial charge in [0.05, 0.1) is 0 Å². The summed E-state index contributed by atoms with van der Waals surface area (Å²) in [7, 11) is 0. The van der Waals surface area contributed by atoms with Gasteiger partial charge in [-0.15, -0.1) is 0 Å². The predicted molar refractivity (Wildman–Crippen MR) is 62.5 cm³/mol. The van der Waals surface area contributed by atoms with Gasteiger partial charge in [0.2, 0.25) is 0 Å². The van der Waals surface area contributed by atoms with Gasteiger partial charge in [-0.3, -0.25) is 0 Å². The molecule has 1 heteroatoms. The van der Waals surface area contributed by atoms with Gasteiger partial charge >= 0.3 is 0 Å². The zero-order chi connectivity index (χ0) is 10.4. The van der Waals surface area contributed by atoms with E-state index in [-0.39, 0.29) is 0 Å². The van der Waals surface area contributed by atoms with Crippen molar-refractivity contribution >= 4 is 0 Å². The summed E-state index contributed by atoms with van der Waals surface area (Å²) in [6.45, 7) is 7.75. The number of aryl methyl sites for hydroxylation is 1. The van der Waals surface area contributed by atoms with E-state index in [1.807, 2.05) is 0 Å². The summed E-state index contributed by atoms with van der Waals surface area (Å²) in [5.41, 5.74) is 2.80. The first-order valence-corrected chi connectivity index (χ1v) is 5.54. The van der Waals surface area contributed by atoms with Crippen molar-refractivity contribution in [2.45, 2.75) is 39.7 Å². The van der Waals surface area contributed by atoms with Gasteiger partial charge in [0, 0.05) is 6.04 Å². The average molecular weight is 191 g/mol. The second-order valence-electron chi connectivity index (χ2n) is 3.89. The lowest BCUT2D eigenvalue weighted by Gasteiger charge is -2.16. The number of hydrogen-bond donors (Lipinski definition) is 1. The fourth-order valence-corrected chi connectivity index (χ4v) is 1.68. The molecular formula is C13H21N. The maximum atomic E-state index is 3.54. The van der Waals surface area contributed by atoms with E-state index in [4.69, 9.17) is 0 Å². The fourth-order valence-electron chi connectivity index (χ4n) is 1.68. The van der Waals surface area contributed by atoms with Gasteiger partial charge in [0.1, 0.15) is 0 Å². The zero-order valence-electron chi connectivity index (χ0n) is 9.51. The molecule has 0 bridgehead atoms. The smallest absolute Gasteiger partial charge is 0.0294 e. The van der Waals surface area contributed by atoms with Crippen LogP contribution in [0.25, 0.3) is 0 Å². The van der Waals surface area contributed by atoms with E-state index >= 15 is 0 Å². The molecule has 0 heterocycles. The predicted octanol–water partition coefficient (Wildman–Crippen LogP) is 3.45. The van der Waals surface area contributed by atoms with E-state index in [1.54, 1.807) is 0 Å². The third-order valence-corrected chi connectivity index (χ3v) is 2.64. The molecule has 0 unspecified atom stereocenters. The van der Waals surface area contributed by atoms with E-state index in [0.29, 0.717) is 6.04 Å². The fraction of sp³-hybridized carbons (Fsp3) is 0.538. The van der Waals surface area contributed by atoms with Crippen molar-refractivity contribution in [3.05, 3.63) is 35.4 Å². The Balaban J connectivity index is 2.51. The van der Waals surface area contributed by atoms with E-state index in [2.05, 4.69) is 50.4 Å². The lowest BCUT2D eigenvalue weighted by Crippen LogP contribution is -2.20. The largest absolute Gasteiger partial charge is 0.310 e. The van der Waals surface area contributed by atoms with Gasteiger partial charge in [0.25, 0.3) is 0 Å². The van der Waals surface area contributed by atoms with Crippen LogP contribution in [0.4, 0.5) is 0 Å². The van der Waals surface area contributed by atoms with Crippen molar-refractivity contribution in [2.75, 3.05) is 6.54 Å². The summed E-state index contributed by atoms with van der Waals surface area (Å²) < 4.78 is 0. The van der Waals surface area contributed by atoms with E-state index < -0.39 is 0 Å². The Morgan fingerprint density at radius 2 is 2.00 bits per heavy atom. The Bertz CT molecular complexity index is 268. The molecule has 78 valence electrons. The van der Waals surface area contributed by atoms with Gasteiger partial charge in [-0.05, 0) is 37.9 Å². The van der Waals surface area contributed by atoms with Gasteiger partial charge in [-0.2, -0.15) is 0 Å². The number of rotatable bonds is 5. The van der Waals surface area contributed by atoms with Crippen LogP contribution in [-0.4, -0.2) is 6.54 Å². The molecule has 1 rings (SSSR count). The summed E-state index contributed by atoms with van der Waals surface area (Å²) in [5.74, 6) is 0. The van der Waals surface area contributed by atoms with Crippen LogP contribution >= 0.6 is 0 Å². The molecule has 14 heavy (non-hydrogen) atoms. The summed E-state index contributed by atoms with van der Waals surface area (Å²) in [4.78, 5) is 0. The van der Waals surface area contributed by atoms with Crippen molar-refractivity contribution in [2.24, 2.45) is 0 Å². The van der Waals surface area contributed by atoms with Crippen molar-refractivity contribution in [1.29, 1.82) is 0 Å². The minimum Gasteiger partial charge on any atom is -0.310 e. The Labute approximate surface area is 87.5 Å². The Morgan fingerprint density at radius 3 is 2.64 bits per heavy atom. The third kappa shape index (κ3) is 3.15. The first-order valence-electron chi connectivity index (χ1n) is 5.54. The molecule has 1 N–H and O–H groups in total. The lowest BCUT2D eigenvalue weighted by atomic mass is 10.0. The van der Waals surface area contributed by atoms with Crippen LogP contribution in [-0.2, 0) is 0 Å². The van der Waals surface area contributed by atoms with E-state index in [9.17, 15) is 0 Å². The number of unbranched alkanes of at least 4 members (excludes halogenated alkanes) is 1. The molecule has 0 spiro atoms. The van der Waals surface area contributed by atoms with Crippen LogP contribution in [0.3, 0.4) is 0 Å². The summed E-state index contributed by atoms with van der Waals surface area (Å²) >= 11 is 0. The topological polar surface area (TPSA) is 12.0 Å². The van der Waals surface area contributed by atoms with Crippen molar-refractivity contribution in [3.8, 4) is 0 Å². The molecule has 1 aromatic rings. The van der Waals surface area contributed by atoms with Gasteiger partial charge in [-0.25, -0.2) is 0 Å². The maximum absolute atomic E-state index is 3.54. The summed E-state index contributed by atoms with van der Waals surface area (Å²) in [6.07, 6.45) is 2.52. The second-order valence-corrected chi connectivity index (χ2v) is 3.89. The molecule has 0 aliphatic rings. The maximum Gasteiger partial charge on any atom is 0.0294 e. The number of benzene rings is 1. The van der Waals surface area contributed by atoms with Crippen LogP contribution in [0.5, 0.6) is 0 Å². The normalized spacial score (nSPS) is 12.8. The molecule has 0 aliphatic heterocycles. The van der Waals surface area contributed by atoms with Crippen molar-refractivity contribution < 1.29 is 0 Å². The Kier molecular flexibility index (Phi) is 4.68. The first-order chi connectivity index (χ1) is 6.75. The Hall–Kier alpha value is -0.820. The molecule has 0 aromatic heterocycles. The molecule has 0 saturated carbocycles. The quantitative estimate of drug-likeness (QED) is 0.703. The first kappa shape index (κ1) is 11.3. The van der Waals surface area contributed by atoms with Crippen LogP contribution in [0.1, 0.15) is 43.9 Å². The molecule has 0 saturated heterocycles. The zero-order valence-corrected chi connectivity index (χ0v) is 9.51. The van der Waals surface area contributed by atoms with Gasteiger partial charge in [-0.1, -0.05) is 37.6 Å². The molecule has 0 amide bonds. The molecular weight excluding hydrogens is 170 g/mol. The summed E-state index contributed by atoms with van der Waals surface area (Å²) in [5, 5.41) is 3.54. The van der Waals surface area contributed by atoms with Crippen LogP contribution < -0.4 is 5.32 Å². The molecule has 1 aromatic carbocycles. The molecule has 1 nitrogen and oxygen atoms in total. The third-order valence-electron chi connectivity index (χ3n) is 2.64. The minimum absolute atomic E-state index is 0.475. The van der Waals surface area contributed by atoms with E-state index in [1.165, 1.54) is 24.0 Å². The lowest BCUT2D eigenvalue weighted by molar-refractivity contribution is 0.552. The number of hydrogen-bond acceptors (Lipinski definition) is 1. The second kappa shape index (κ2) is 5.82. The molecule has 0 fully saturated rings. The highest BCUT2D eigenvalue weighted by molar-refractivity contribution is 5.28. The number of nitrogens with one attached hydrogen (secondary N) is 1. The minimum atomic E-state index is 0.475. The van der Waals surface area contributed by atoms with Crippen LogP contribution in [0.15, 0.2) is 24.3 Å². The van der Waals surface area contributed by atoms with Crippen LogP contribution in [0, 0.1) is 6.92 Å². The van der Waals surface area contributed by atoms with Crippen molar-refractivity contribution in [1.82, 2.24) is 5.32 Å². The highest BCUT2D eigenvalue weighted by Crippen LogP contribution is 2.16.